The van der Waals surface area contributed by atoms with Crippen LogP contribution in [0.5, 0.6) is 0 Å². The first-order valence-electron chi connectivity index (χ1n) is 11.1. The van der Waals surface area contributed by atoms with Crippen LogP contribution in [0, 0.1) is 11.8 Å². The number of aromatic nitrogens is 3. The Balaban J connectivity index is 0.000000448. The van der Waals surface area contributed by atoms with Crippen molar-refractivity contribution in [3.63, 3.8) is 0 Å². The third kappa shape index (κ3) is 5.69. The number of anilines is 1. The minimum Gasteiger partial charge on any atom is -0.475 e. The number of hydrogen-bond acceptors (Lipinski definition) is 8. The Morgan fingerprint density at radius 1 is 1.15 bits per heavy atom. The van der Waals surface area contributed by atoms with Crippen molar-refractivity contribution < 1.29 is 42.3 Å². The summed E-state index contributed by atoms with van der Waals surface area (Å²) in [4.78, 5) is 63.1. The molecule has 0 saturated carbocycles. The molecule has 1 atom stereocenters. The van der Waals surface area contributed by atoms with Gasteiger partial charge in [-0.2, -0.15) is 18.3 Å². The lowest BCUT2D eigenvalue weighted by Gasteiger charge is -2.27. The number of nitrogens with one attached hydrogen (secondary N) is 2. The zero-order valence-electron chi connectivity index (χ0n) is 19.7. The summed E-state index contributed by atoms with van der Waals surface area (Å²) in [6, 6.07) is 7.49. The summed E-state index contributed by atoms with van der Waals surface area (Å²) in [5, 5.41) is 16.5. The van der Waals surface area contributed by atoms with E-state index in [0.29, 0.717) is 17.9 Å². The fourth-order valence-electron chi connectivity index (χ4n) is 3.82. The van der Waals surface area contributed by atoms with E-state index in [1.54, 1.807) is 16.6 Å². The lowest BCUT2D eigenvalue weighted by atomic mass is 10.0. The first-order chi connectivity index (χ1) is 18.5. The first kappa shape index (κ1) is 26.8. The average molecular weight is 542 g/mol. The second-order valence-corrected chi connectivity index (χ2v) is 8.11. The summed E-state index contributed by atoms with van der Waals surface area (Å²) in [6.45, 7) is 0.310. The fraction of sp³-hybridized carbons (Fsp3) is 0.208. The van der Waals surface area contributed by atoms with Crippen LogP contribution in [0.2, 0.25) is 0 Å². The highest BCUT2D eigenvalue weighted by Gasteiger charge is 2.44. The summed E-state index contributed by atoms with van der Waals surface area (Å²) >= 11 is 0. The van der Waals surface area contributed by atoms with Crippen molar-refractivity contribution in [1.29, 1.82) is 0 Å². The lowest BCUT2D eigenvalue weighted by Crippen LogP contribution is -2.54. The zero-order valence-corrected chi connectivity index (χ0v) is 19.7. The van der Waals surface area contributed by atoms with Crippen LogP contribution in [-0.2, 0) is 14.4 Å². The maximum Gasteiger partial charge on any atom is 0.490 e. The normalized spacial score (nSPS) is 16.6. The number of carboxylic acids is 1. The van der Waals surface area contributed by atoms with Gasteiger partial charge in [0.25, 0.3) is 11.8 Å². The molecule has 200 valence electrons. The summed E-state index contributed by atoms with van der Waals surface area (Å²) in [5.41, 5.74) is 1.81. The third-order valence-corrected chi connectivity index (χ3v) is 5.59. The molecular formula is C24H17F3N6O6. The monoisotopic (exact) mass is 542 g/mol. The molecule has 15 heteroatoms. The van der Waals surface area contributed by atoms with Crippen molar-refractivity contribution in [3.8, 4) is 11.8 Å². The highest BCUT2D eigenvalue weighted by atomic mass is 19.4. The summed E-state index contributed by atoms with van der Waals surface area (Å²) in [7, 11) is 0. The molecule has 1 unspecified atom stereocenters. The quantitative estimate of drug-likeness (QED) is 0.326. The number of nitrogens with zero attached hydrogens (tertiary/aromatic N) is 4. The predicted octanol–water partition coefficient (Wildman–Crippen LogP) is 1.23. The van der Waals surface area contributed by atoms with Gasteiger partial charge in [0.1, 0.15) is 17.9 Å². The number of imide groups is 2. The third-order valence-electron chi connectivity index (χ3n) is 5.59. The lowest BCUT2D eigenvalue weighted by molar-refractivity contribution is -0.192. The van der Waals surface area contributed by atoms with Gasteiger partial charge < -0.3 is 10.4 Å². The number of carboxylic acid groups (broad SMARTS) is 1. The number of halogens is 3. The van der Waals surface area contributed by atoms with Crippen molar-refractivity contribution in [1.82, 2.24) is 24.8 Å². The van der Waals surface area contributed by atoms with Gasteiger partial charge in [0.2, 0.25) is 11.8 Å². The highest BCUT2D eigenvalue weighted by Crippen LogP contribution is 2.28. The van der Waals surface area contributed by atoms with E-state index in [0.717, 1.165) is 10.4 Å². The molecule has 3 aromatic rings. The Bertz CT molecular complexity index is 1570. The van der Waals surface area contributed by atoms with Crippen molar-refractivity contribution in [2.45, 2.75) is 25.1 Å². The van der Waals surface area contributed by atoms with E-state index >= 15 is 0 Å². The molecule has 12 nitrogen and oxygen atoms in total. The molecule has 4 heterocycles. The number of piperidine rings is 1. The van der Waals surface area contributed by atoms with Crippen LogP contribution >= 0.6 is 0 Å². The van der Waals surface area contributed by atoms with Gasteiger partial charge in [-0.25, -0.2) is 14.3 Å². The molecule has 5 rings (SSSR count). The van der Waals surface area contributed by atoms with E-state index in [1.165, 1.54) is 12.4 Å². The second kappa shape index (κ2) is 10.6. The fourth-order valence-corrected chi connectivity index (χ4v) is 3.82. The van der Waals surface area contributed by atoms with Crippen LogP contribution in [0.4, 0.5) is 19.0 Å². The first-order valence-corrected chi connectivity index (χ1v) is 11.1. The molecule has 39 heavy (non-hydrogen) atoms. The number of hydrogen-bond donors (Lipinski definition) is 3. The molecule has 2 aliphatic rings. The number of aliphatic carboxylic acids is 1. The van der Waals surface area contributed by atoms with E-state index in [4.69, 9.17) is 9.90 Å². The van der Waals surface area contributed by atoms with E-state index in [2.05, 4.69) is 32.6 Å². The van der Waals surface area contributed by atoms with Crippen molar-refractivity contribution in [2.75, 3.05) is 11.9 Å². The SMILES string of the molecule is O=C(O)C(F)(F)F.O=C1CCC(N2C(=O)c3ccc(C#CCNc4ncnn5cccc45)cc3C2=O)C(=O)N1. The molecule has 0 aliphatic carbocycles. The molecule has 1 aromatic carbocycles. The molecule has 0 radical (unpaired) electrons. The largest absolute Gasteiger partial charge is 0.490 e. The van der Waals surface area contributed by atoms with E-state index < -0.39 is 41.8 Å². The van der Waals surface area contributed by atoms with Crippen LogP contribution in [-0.4, -0.2) is 73.0 Å². The number of fused-ring (bicyclic) bond motifs is 2. The van der Waals surface area contributed by atoms with Gasteiger partial charge in [0.15, 0.2) is 5.82 Å². The Hall–Kier alpha value is -5.26. The molecule has 3 N–H and O–H groups in total. The molecule has 4 amide bonds. The van der Waals surface area contributed by atoms with Crippen molar-refractivity contribution >= 4 is 40.9 Å². The molecule has 0 bridgehead atoms. The Morgan fingerprint density at radius 2 is 1.87 bits per heavy atom. The van der Waals surface area contributed by atoms with Gasteiger partial charge in [-0.15, -0.1) is 0 Å². The molecule has 0 spiro atoms. The van der Waals surface area contributed by atoms with Gasteiger partial charge in [0.05, 0.1) is 17.7 Å². The Kier molecular flexibility index (Phi) is 7.29. The van der Waals surface area contributed by atoms with Crippen molar-refractivity contribution in [2.24, 2.45) is 0 Å². The standard InChI is InChI=1S/C22H16N6O4.C2HF3O2/c29-18-8-7-17(20(30)26-18)28-21(31)14-6-5-13(11-15(14)22(28)32)3-1-9-23-19-16-4-2-10-27(16)25-12-24-19;3-2(4,5)1(6)7/h2,4-6,10-12,17H,7-9H2,(H,23,24,25)(H,26,29,30);(H,6,7). The number of benzene rings is 1. The van der Waals surface area contributed by atoms with Crippen LogP contribution < -0.4 is 10.6 Å². The maximum atomic E-state index is 12.9. The van der Waals surface area contributed by atoms with Crippen molar-refractivity contribution in [3.05, 3.63) is 59.5 Å². The molecule has 2 aromatic heterocycles. The zero-order chi connectivity index (χ0) is 28.3. The number of alkyl halides is 3. The molecular weight excluding hydrogens is 525 g/mol. The van der Waals surface area contributed by atoms with E-state index in [-0.39, 0.29) is 24.0 Å². The van der Waals surface area contributed by atoms with Gasteiger partial charge in [-0.05, 0) is 36.8 Å². The van der Waals surface area contributed by atoms with Crippen LogP contribution in [0.3, 0.4) is 0 Å². The highest BCUT2D eigenvalue weighted by molar-refractivity contribution is 6.23. The Morgan fingerprint density at radius 3 is 2.56 bits per heavy atom. The predicted molar refractivity (Wildman–Crippen MR) is 125 cm³/mol. The van der Waals surface area contributed by atoms with Crippen LogP contribution in [0.25, 0.3) is 5.52 Å². The molecule has 2 aliphatic heterocycles. The summed E-state index contributed by atoms with van der Waals surface area (Å²) < 4.78 is 33.4. The van der Waals surface area contributed by atoms with E-state index in [9.17, 15) is 32.3 Å². The smallest absolute Gasteiger partial charge is 0.475 e. The van der Waals surface area contributed by atoms with Gasteiger partial charge in [-0.3, -0.25) is 29.4 Å². The Labute approximate surface area is 216 Å². The minimum absolute atomic E-state index is 0.0788. The van der Waals surface area contributed by atoms with E-state index in [1.807, 2.05) is 18.3 Å². The maximum absolute atomic E-state index is 12.9. The number of rotatable bonds is 3. The van der Waals surface area contributed by atoms with Crippen LogP contribution in [0.1, 0.15) is 39.1 Å². The molecule has 1 fully saturated rings. The topological polar surface area (TPSA) is 163 Å². The van der Waals surface area contributed by atoms with Gasteiger partial charge in [0, 0.05) is 18.2 Å². The number of amides is 4. The van der Waals surface area contributed by atoms with Gasteiger partial charge >= 0.3 is 12.1 Å². The average Bonchev–Trinajstić information content (AvgIpc) is 3.45. The summed E-state index contributed by atoms with van der Waals surface area (Å²) in [5.74, 6) is 1.68. The van der Waals surface area contributed by atoms with Crippen LogP contribution in [0.15, 0.2) is 42.9 Å². The molecule has 1 saturated heterocycles. The second-order valence-electron chi connectivity index (χ2n) is 8.11. The summed E-state index contributed by atoms with van der Waals surface area (Å²) in [6.07, 6.45) is -1.63. The van der Waals surface area contributed by atoms with Gasteiger partial charge in [-0.1, -0.05) is 11.8 Å². The number of carbonyl (C=O) groups excluding carboxylic acids is 4. The minimum atomic E-state index is -5.08. The number of carbonyl (C=O) groups is 5.